The first kappa shape index (κ1) is 19.3. The minimum atomic E-state index is -0.554. The lowest BCUT2D eigenvalue weighted by molar-refractivity contribution is 0.0948. The Balaban J connectivity index is 1.66. The zero-order valence-corrected chi connectivity index (χ0v) is 16.3. The Bertz CT molecular complexity index is 987. The van der Waals surface area contributed by atoms with Gasteiger partial charge in [-0.05, 0) is 41.4 Å². The maximum absolute atomic E-state index is 14.1. The van der Waals surface area contributed by atoms with Gasteiger partial charge in [-0.1, -0.05) is 12.1 Å². The number of amides is 1. The molecule has 3 aromatic rings. The van der Waals surface area contributed by atoms with Crippen molar-refractivity contribution in [2.45, 2.75) is 12.7 Å². The predicted molar refractivity (Wildman–Crippen MR) is 107 cm³/mol. The molecule has 0 saturated carbocycles. The highest BCUT2D eigenvalue weighted by Crippen LogP contribution is 2.15. The van der Waals surface area contributed by atoms with E-state index in [-0.39, 0.29) is 11.4 Å². The van der Waals surface area contributed by atoms with E-state index < -0.39 is 17.2 Å². The van der Waals surface area contributed by atoms with Gasteiger partial charge in [-0.25, -0.2) is 9.07 Å². The smallest absolute Gasteiger partial charge is 0.275 e. The van der Waals surface area contributed by atoms with Gasteiger partial charge in [-0.15, -0.1) is 0 Å². The maximum Gasteiger partial charge on any atom is 0.275 e. The van der Waals surface area contributed by atoms with Crippen LogP contribution in [0.25, 0.3) is 5.69 Å². The molecule has 2 aromatic heterocycles. The van der Waals surface area contributed by atoms with Gasteiger partial charge in [0.2, 0.25) is 5.43 Å². The summed E-state index contributed by atoms with van der Waals surface area (Å²) < 4.78 is 15.3. The molecule has 0 aliphatic rings. The molecule has 0 atom stereocenters. The number of carbonyl (C=O) groups excluding carboxylic acids is 1. The Morgan fingerprint density at radius 3 is 2.89 bits per heavy atom. The van der Waals surface area contributed by atoms with Crippen molar-refractivity contribution in [2.75, 3.05) is 12.3 Å². The molecule has 0 bridgehead atoms. The van der Waals surface area contributed by atoms with E-state index in [1.165, 1.54) is 22.4 Å². The highest BCUT2D eigenvalue weighted by molar-refractivity contribution is 7.98. The van der Waals surface area contributed by atoms with E-state index >= 15 is 0 Å². The number of thiophene rings is 1. The van der Waals surface area contributed by atoms with Gasteiger partial charge in [0.25, 0.3) is 5.91 Å². The molecule has 8 heteroatoms. The third-order valence-corrected chi connectivity index (χ3v) is 5.55. The number of thioether (sulfide) groups is 1. The molecule has 1 amide bonds. The Morgan fingerprint density at radius 2 is 2.15 bits per heavy atom. The summed E-state index contributed by atoms with van der Waals surface area (Å²) in [6.45, 7) is 2.06. The second-order valence-corrected chi connectivity index (χ2v) is 7.69. The number of carbonyl (C=O) groups is 1. The Kier molecular flexibility index (Phi) is 6.41. The molecule has 0 spiro atoms. The van der Waals surface area contributed by atoms with E-state index in [0.717, 1.165) is 11.5 Å². The largest absolute Gasteiger partial charge is 0.350 e. The SMILES string of the molecule is Cc1cc(=O)c(C(=O)NCCSCc2ccsc2)nn1-c1ccccc1F. The summed E-state index contributed by atoms with van der Waals surface area (Å²) in [5.41, 5.74) is 1.17. The number of benzene rings is 1. The number of halogens is 1. The van der Waals surface area contributed by atoms with Crippen molar-refractivity contribution in [3.8, 4) is 5.69 Å². The van der Waals surface area contributed by atoms with Crippen molar-refractivity contribution >= 4 is 29.0 Å². The van der Waals surface area contributed by atoms with Crippen LogP contribution in [0.3, 0.4) is 0 Å². The molecule has 3 rings (SSSR count). The Morgan fingerprint density at radius 1 is 1.33 bits per heavy atom. The van der Waals surface area contributed by atoms with E-state index in [2.05, 4.69) is 21.9 Å². The van der Waals surface area contributed by atoms with Gasteiger partial charge in [0.05, 0.1) is 0 Å². The fourth-order valence-corrected chi connectivity index (χ4v) is 4.04. The van der Waals surface area contributed by atoms with E-state index in [1.54, 1.807) is 48.2 Å². The van der Waals surface area contributed by atoms with Crippen LogP contribution in [0.1, 0.15) is 21.7 Å². The number of aromatic nitrogens is 2. The molecule has 0 fully saturated rings. The van der Waals surface area contributed by atoms with Gasteiger partial charge in [0.15, 0.2) is 5.69 Å². The fraction of sp³-hybridized carbons (Fsp3) is 0.211. The molecule has 5 nitrogen and oxygen atoms in total. The number of rotatable bonds is 7. The normalized spacial score (nSPS) is 10.7. The Labute approximate surface area is 164 Å². The van der Waals surface area contributed by atoms with Gasteiger partial charge >= 0.3 is 0 Å². The third kappa shape index (κ3) is 4.84. The van der Waals surface area contributed by atoms with Crippen molar-refractivity contribution < 1.29 is 9.18 Å². The zero-order valence-electron chi connectivity index (χ0n) is 14.6. The van der Waals surface area contributed by atoms with Crippen LogP contribution in [0.5, 0.6) is 0 Å². The molecule has 0 unspecified atom stereocenters. The summed E-state index contributed by atoms with van der Waals surface area (Å²) in [7, 11) is 0. The number of hydrogen-bond acceptors (Lipinski definition) is 5. The average Bonchev–Trinajstić information content (AvgIpc) is 3.16. The number of aryl methyl sites for hydroxylation is 1. The number of nitrogens with zero attached hydrogens (tertiary/aromatic N) is 2. The van der Waals surface area contributed by atoms with Crippen LogP contribution >= 0.6 is 23.1 Å². The second kappa shape index (κ2) is 8.96. The van der Waals surface area contributed by atoms with Crippen molar-refractivity contribution in [3.63, 3.8) is 0 Å². The molecule has 0 aliphatic carbocycles. The summed E-state index contributed by atoms with van der Waals surface area (Å²) in [4.78, 5) is 24.5. The highest BCUT2D eigenvalue weighted by atomic mass is 32.2. The second-order valence-electron chi connectivity index (χ2n) is 5.80. The molecular weight excluding hydrogens is 385 g/mol. The first-order valence-electron chi connectivity index (χ1n) is 8.29. The minimum Gasteiger partial charge on any atom is -0.350 e. The first-order chi connectivity index (χ1) is 13.1. The van der Waals surface area contributed by atoms with E-state index in [0.29, 0.717) is 12.2 Å². The van der Waals surface area contributed by atoms with E-state index in [9.17, 15) is 14.0 Å². The summed E-state index contributed by atoms with van der Waals surface area (Å²) in [6.07, 6.45) is 0. The molecule has 0 radical (unpaired) electrons. The molecule has 1 aromatic carbocycles. The van der Waals surface area contributed by atoms with Crippen molar-refractivity contribution in [2.24, 2.45) is 0 Å². The highest BCUT2D eigenvalue weighted by Gasteiger charge is 2.16. The molecule has 2 heterocycles. The lowest BCUT2D eigenvalue weighted by Crippen LogP contribution is -2.33. The first-order valence-corrected chi connectivity index (χ1v) is 10.4. The quantitative estimate of drug-likeness (QED) is 0.614. The average molecular weight is 404 g/mol. The van der Waals surface area contributed by atoms with Crippen LogP contribution in [0.2, 0.25) is 0 Å². The minimum absolute atomic E-state index is 0.190. The summed E-state index contributed by atoms with van der Waals surface area (Å²) in [5.74, 6) is 0.561. The van der Waals surface area contributed by atoms with E-state index in [4.69, 9.17) is 0 Å². The summed E-state index contributed by atoms with van der Waals surface area (Å²) in [6, 6.07) is 9.44. The predicted octanol–water partition coefficient (Wildman–Crippen LogP) is 3.40. The monoisotopic (exact) mass is 403 g/mol. The number of para-hydroxylation sites is 1. The molecule has 0 aliphatic heterocycles. The van der Waals surface area contributed by atoms with Gasteiger partial charge in [-0.3, -0.25) is 9.59 Å². The lowest BCUT2D eigenvalue weighted by Gasteiger charge is -2.12. The molecule has 27 heavy (non-hydrogen) atoms. The zero-order chi connectivity index (χ0) is 19.2. The van der Waals surface area contributed by atoms with Crippen LogP contribution in [-0.2, 0) is 5.75 Å². The lowest BCUT2D eigenvalue weighted by atomic mass is 10.2. The van der Waals surface area contributed by atoms with Crippen LogP contribution in [0.4, 0.5) is 4.39 Å². The van der Waals surface area contributed by atoms with Crippen molar-refractivity contribution in [1.82, 2.24) is 15.1 Å². The standard InChI is InChI=1S/C19H18FN3O2S2/c1-13-10-17(24)18(22-23(13)16-5-3-2-4-15(16)20)19(25)21-7-9-27-12-14-6-8-26-11-14/h2-6,8,10-11H,7,9,12H2,1H3,(H,21,25). The van der Waals surface area contributed by atoms with Crippen LogP contribution in [-0.4, -0.2) is 28.0 Å². The third-order valence-electron chi connectivity index (χ3n) is 3.78. The fourth-order valence-electron chi connectivity index (χ4n) is 2.46. The van der Waals surface area contributed by atoms with Gasteiger partial charge in [0.1, 0.15) is 11.5 Å². The van der Waals surface area contributed by atoms with Crippen LogP contribution in [0, 0.1) is 12.7 Å². The topological polar surface area (TPSA) is 64.0 Å². The number of nitrogens with one attached hydrogen (secondary N) is 1. The molecular formula is C19H18FN3O2S2. The molecule has 1 N–H and O–H groups in total. The van der Waals surface area contributed by atoms with Crippen molar-refractivity contribution in [3.05, 3.63) is 80.2 Å². The summed E-state index contributed by atoms with van der Waals surface area (Å²) >= 11 is 3.35. The van der Waals surface area contributed by atoms with Gasteiger partial charge < -0.3 is 5.32 Å². The van der Waals surface area contributed by atoms with Gasteiger partial charge in [0, 0.05) is 29.8 Å². The van der Waals surface area contributed by atoms with E-state index in [1.807, 2.05) is 5.38 Å². The van der Waals surface area contributed by atoms with Crippen LogP contribution in [0.15, 0.2) is 52.0 Å². The summed E-state index contributed by atoms with van der Waals surface area (Å²) in [5, 5.41) is 10.9. The molecule has 0 saturated heterocycles. The maximum atomic E-state index is 14.1. The van der Waals surface area contributed by atoms with Gasteiger partial charge in [-0.2, -0.15) is 28.2 Å². The van der Waals surface area contributed by atoms with Crippen molar-refractivity contribution in [1.29, 1.82) is 0 Å². The number of hydrogen-bond donors (Lipinski definition) is 1. The Hall–Kier alpha value is -2.45. The van der Waals surface area contributed by atoms with Crippen LogP contribution < -0.4 is 10.7 Å². The molecule has 140 valence electrons.